The lowest BCUT2D eigenvalue weighted by Gasteiger charge is -2.29. The predicted molar refractivity (Wildman–Crippen MR) is 140 cm³/mol. The number of hydrogen-bond donors (Lipinski definition) is 1. The van der Waals surface area contributed by atoms with Crippen molar-refractivity contribution in [2.24, 2.45) is 0 Å². The standard InChI is InChI=1S/C28H36N2O6/c1-6-34-26(31)16-10-20-9-15-24(25(18-20)35-23-13-11-22(33-5)12-14-23)29-19-21-8-7-17-30(21)27(32)36-28(2,3)4/h9-16,18,21,29H,6-8,17,19H2,1-5H3/b16-10+. The van der Waals surface area contributed by atoms with Crippen LogP contribution in [0.5, 0.6) is 17.2 Å². The summed E-state index contributed by atoms with van der Waals surface area (Å²) < 4.78 is 22.0. The molecule has 36 heavy (non-hydrogen) atoms. The van der Waals surface area contributed by atoms with E-state index in [1.54, 1.807) is 25.0 Å². The van der Waals surface area contributed by atoms with Crippen LogP contribution in [0.4, 0.5) is 10.5 Å². The highest BCUT2D eigenvalue weighted by Gasteiger charge is 2.32. The van der Waals surface area contributed by atoms with Crippen LogP contribution in [0.1, 0.15) is 46.1 Å². The molecule has 0 saturated carbocycles. The maximum Gasteiger partial charge on any atom is 0.410 e. The second-order valence-corrected chi connectivity index (χ2v) is 9.47. The summed E-state index contributed by atoms with van der Waals surface area (Å²) in [7, 11) is 1.61. The molecule has 0 aromatic heterocycles. The molecular weight excluding hydrogens is 460 g/mol. The summed E-state index contributed by atoms with van der Waals surface area (Å²) in [6, 6.07) is 12.9. The van der Waals surface area contributed by atoms with E-state index in [1.165, 1.54) is 6.08 Å². The number of hydrogen-bond acceptors (Lipinski definition) is 7. The van der Waals surface area contributed by atoms with Crippen molar-refractivity contribution in [2.75, 3.05) is 32.1 Å². The SMILES string of the molecule is CCOC(=O)/C=C/c1ccc(NCC2CCCN2C(=O)OC(C)(C)C)c(Oc2ccc(OC)cc2)c1. The molecule has 0 spiro atoms. The second kappa shape index (κ2) is 12.3. The Bertz CT molecular complexity index is 1060. The molecule has 0 bridgehead atoms. The first-order valence-electron chi connectivity index (χ1n) is 12.2. The van der Waals surface area contributed by atoms with Gasteiger partial charge in [0.1, 0.15) is 17.1 Å². The number of carbonyl (C=O) groups is 2. The van der Waals surface area contributed by atoms with Crippen LogP contribution in [0, 0.1) is 0 Å². The Balaban J connectivity index is 1.77. The van der Waals surface area contributed by atoms with Crippen molar-refractivity contribution in [1.29, 1.82) is 0 Å². The smallest absolute Gasteiger partial charge is 0.410 e. The van der Waals surface area contributed by atoms with Gasteiger partial charge in [0.2, 0.25) is 0 Å². The Morgan fingerprint density at radius 3 is 2.50 bits per heavy atom. The van der Waals surface area contributed by atoms with Crippen LogP contribution in [0.3, 0.4) is 0 Å². The van der Waals surface area contributed by atoms with Gasteiger partial charge in [-0.25, -0.2) is 9.59 Å². The zero-order valence-corrected chi connectivity index (χ0v) is 21.7. The van der Waals surface area contributed by atoms with Gasteiger partial charge in [0.05, 0.1) is 25.4 Å². The molecule has 0 radical (unpaired) electrons. The Labute approximate surface area is 213 Å². The van der Waals surface area contributed by atoms with E-state index in [1.807, 2.05) is 63.2 Å². The molecule has 194 valence electrons. The van der Waals surface area contributed by atoms with Gasteiger partial charge >= 0.3 is 12.1 Å². The molecule has 1 amide bonds. The molecule has 8 nitrogen and oxygen atoms in total. The molecule has 1 atom stereocenters. The number of nitrogens with zero attached hydrogens (tertiary/aromatic N) is 1. The Kier molecular flexibility index (Phi) is 9.22. The zero-order chi connectivity index (χ0) is 26.1. The highest BCUT2D eigenvalue weighted by Crippen LogP contribution is 2.33. The molecule has 1 aliphatic rings. The van der Waals surface area contributed by atoms with Crippen molar-refractivity contribution in [2.45, 2.75) is 52.2 Å². The van der Waals surface area contributed by atoms with Crippen molar-refractivity contribution in [3.8, 4) is 17.2 Å². The summed E-state index contributed by atoms with van der Waals surface area (Å²) in [5.41, 5.74) is 1.02. The van der Waals surface area contributed by atoms with E-state index in [0.717, 1.165) is 29.8 Å². The Morgan fingerprint density at radius 2 is 1.83 bits per heavy atom. The number of carbonyl (C=O) groups excluding carboxylic acids is 2. The van der Waals surface area contributed by atoms with E-state index >= 15 is 0 Å². The maximum atomic E-state index is 12.7. The fourth-order valence-electron chi connectivity index (χ4n) is 3.84. The van der Waals surface area contributed by atoms with Gasteiger partial charge in [-0.15, -0.1) is 0 Å². The molecule has 1 N–H and O–H groups in total. The molecular formula is C28H36N2O6. The number of benzene rings is 2. The van der Waals surface area contributed by atoms with Gasteiger partial charge < -0.3 is 29.2 Å². The van der Waals surface area contributed by atoms with E-state index in [-0.39, 0.29) is 12.1 Å². The number of amides is 1. The second-order valence-electron chi connectivity index (χ2n) is 9.47. The van der Waals surface area contributed by atoms with Crippen molar-refractivity contribution < 1.29 is 28.5 Å². The van der Waals surface area contributed by atoms with Gasteiger partial charge in [0, 0.05) is 19.2 Å². The molecule has 2 aromatic rings. The number of likely N-dealkylation sites (tertiary alicyclic amines) is 1. The fourth-order valence-corrected chi connectivity index (χ4v) is 3.84. The first-order valence-corrected chi connectivity index (χ1v) is 12.2. The summed E-state index contributed by atoms with van der Waals surface area (Å²) in [5.74, 6) is 1.56. The number of ether oxygens (including phenoxy) is 4. The average molecular weight is 497 g/mol. The lowest BCUT2D eigenvalue weighted by Crippen LogP contribution is -2.42. The van der Waals surface area contributed by atoms with Crippen LogP contribution in [0.2, 0.25) is 0 Å². The van der Waals surface area contributed by atoms with Crippen LogP contribution in [-0.2, 0) is 14.3 Å². The van der Waals surface area contributed by atoms with Gasteiger partial charge in [0.15, 0.2) is 5.75 Å². The van der Waals surface area contributed by atoms with Gasteiger partial charge in [0.25, 0.3) is 0 Å². The first kappa shape index (κ1) is 26.9. The monoisotopic (exact) mass is 496 g/mol. The minimum Gasteiger partial charge on any atom is -0.497 e. The number of esters is 1. The topological polar surface area (TPSA) is 86.3 Å². The van der Waals surface area contributed by atoms with E-state index in [0.29, 0.717) is 31.2 Å². The molecule has 1 unspecified atom stereocenters. The summed E-state index contributed by atoms with van der Waals surface area (Å²) in [4.78, 5) is 26.2. The molecule has 0 aliphatic carbocycles. The number of anilines is 1. The number of methoxy groups -OCH3 is 1. The van der Waals surface area contributed by atoms with Crippen LogP contribution in [0.15, 0.2) is 48.5 Å². The maximum absolute atomic E-state index is 12.7. The summed E-state index contributed by atoms with van der Waals surface area (Å²) in [6.45, 7) is 8.92. The normalized spacial score (nSPS) is 15.6. The molecule has 1 aliphatic heterocycles. The van der Waals surface area contributed by atoms with Gasteiger partial charge in [-0.2, -0.15) is 0 Å². The van der Waals surface area contributed by atoms with Crippen LogP contribution >= 0.6 is 0 Å². The average Bonchev–Trinajstić information content (AvgIpc) is 3.31. The Hall–Kier alpha value is -3.68. The molecule has 1 heterocycles. The summed E-state index contributed by atoms with van der Waals surface area (Å²) in [6.07, 6.45) is 4.60. The zero-order valence-electron chi connectivity index (χ0n) is 21.7. The lowest BCUT2D eigenvalue weighted by molar-refractivity contribution is -0.137. The van der Waals surface area contributed by atoms with Crippen molar-refractivity contribution in [1.82, 2.24) is 4.90 Å². The van der Waals surface area contributed by atoms with Gasteiger partial charge in [-0.05, 0) is 88.6 Å². The predicted octanol–water partition coefficient (Wildman–Crippen LogP) is 5.88. The molecule has 1 fully saturated rings. The molecule has 2 aromatic carbocycles. The molecule has 3 rings (SSSR count). The largest absolute Gasteiger partial charge is 0.497 e. The fraction of sp³-hybridized carbons (Fsp3) is 0.429. The summed E-state index contributed by atoms with van der Waals surface area (Å²) in [5, 5.41) is 3.44. The Morgan fingerprint density at radius 1 is 1.11 bits per heavy atom. The third-order valence-electron chi connectivity index (χ3n) is 5.52. The van der Waals surface area contributed by atoms with Crippen molar-refractivity contribution >= 4 is 23.8 Å². The molecule has 1 saturated heterocycles. The van der Waals surface area contributed by atoms with Gasteiger partial charge in [-0.3, -0.25) is 0 Å². The van der Waals surface area contributed by atoms with Gasteiger partial charge in [-0.1, -0.05) is 6.07 Å². The van der Waals surface area contributed by atoms with Crippen molar-refractivity contribution in [3.63, 3.8) is 0 Å². The van der Waals surface area contributed by atoms with E-state index in [2.05, 4.69) is 5.32 Å². The van der Waals surface area contributed by atoms with Crippen LogP contribution in [0.25, 0.3) is 6.08 Å². The third kappa shape index (κ3) is 7.93. The summed E-state index contributed by atoms with van der Waals surface area (Å²) >= 11 is 0. The first-order chi connectivity index (χ1) is 17.2. The van der Waals surface area contributed by atoms with E-state index in [4.69, 9.17) is 18.9 Å². The van der Waals surface area contributed by atoms with Crippen molar-refractivity contribution in [3.05, 3.63) is 54.1 Å². The van der Waals surface area contributed by atoms with Crippen LogP contribution < -0.4 is 14.8 Å². The van der Waals surface area contributed by atoms with Crippen LogP contribution in [-0.4, -0.2) is 55.4 Å². The minimum atomic E-state index is -0.538. The number of rotatable bonds is 9. The lowest BCUT2D eigenvalue weighted by atomic mass is 10.1. The number of nitrogens with one attached hydrogen (secondary N) is 1. The van der Waals surface area contributed by atoms with E-state index in [9.17, 15) is 9.59 Å². The highest BCUT2D eigenvalue weighted by atomic mass is 16.6. The highest BCUT2D eigenvalue weighted by molar-refractivity contribution is 5.87. The quantitative estimate of drug-likeness (QED) is 0.343. The van der Waals surface area contributed by atoms with E-state index < -0.39 is 11.6 Å². The third-order valence-corrected chi connectivity index (χ3v) is 5.52. The minimum absolute atomic E-state index is 0.0112. The molecule has 8 heteroatoms.